The molecule has 2 aromatic heterocycles. The molecule has 6 heteroatoms. The fourth-order valence-electron chi connectivity index (χ4n) is 3.42. The van der Waals surface area contributed by atoms with Gasteiger partial charge in [-0.05, 0) is 49.6 Å². The number of pyridine rings is 1. The second-order valence-corrected chi connectivity index (χ2v) is 8.09. The van der Waals surface area contributed by atoms with E-state index in [1.807, 2.05) is 37.3 Å². The molecule has 2 heterocycles. The number of rotatable bonds is 3. The Morgan fingerprint density at radius 2 is 1.96 bits per heavy atom. The molecule has 5 nitrogen and oxygen atoms in total. The van der Waals surface area contributed by atoms with E-state index in [4.69, 9.17) is 4.98 Å². The van der Waals surface area contributed by atoms with Gasteiger partial charge in [-0.1, -0.05) is 36.7 Å². The molecule has 0 saturated heterocycles. The van der Waals surface area contributed by atoms with E-state index >= 15 is 0 Å². The van der Waals surface area contributed by atoms with Gasteiger partial charge in [0.1, 0.15) is 11.6 Å². The van der Waals surface area contributed by atoms with Gasteiger partial charge in [0.25, 0.3) is 5.56 Å². The smallest absolute Gasteiger partial charge is 0.267 e. The lowest BCUT2D eigenvalue weighted by molar-refractivity contribution is -0.118. The van der Waals surface area contributed by atoms with E-state index in [2.05, 4.69) is 4.98 Å². The number of hydrogen-bond donors (Lipinski definition) is 0. The minimum Gasteiger partial charge on any atom is -0.298 e. The summed E-state index contributed by atoms with van der Waals surface area (Å²) in [7, 11) is 0. The van der Waals surface area contributed by atoms with Crippen LogP contribution in [0.2, 0.25) is 0 Å². The van der Waals surface area contributed by atoms with E-state index < -0.39 is 0 Å². The third-order valence-electron chi connectivity index (χ3n) is 4.87. The summed E-state index contributed by atoms with van der Waals surface area (Å²) in [6.07, 6.45) is 6.19. The Morgan fingerprint density at radius 1 is 1.11 bits per heavy atom. The maximum Gasteiger partial charge on any atom is 0.267 e. The maximum absolute atomic E-state index is 13.2. The summed E-state index contributed by atoms with van der Waals surface area (Å²) in [6, 6.07) is 11.1. The number of fused-ring (bicyclic) bond motifs is 1. The van der Waals surface area contributed by atoms with Crippen molar-refractivity contribution in [1.29, 1.82) is 0 Å². The third-order valence-corrected chi connectivity index (χ3v) is 6.14. The molecule has 1 aromatic carbocycles. The molecule has 1 aliphatic rings. The van der Waals surface area contributed by atoms with Crippen LogP contribution in [-0.2, 0) is 4.79 Å². The molecule has 3 aromatic rings. The molecule has 1 atom stereocenters. The number of aryl methyl sites for hydroxylation is 1. The topological polar surface area (TPSA) is 64.8 Å². The molecule has 1 aliphatic carbocycles. The van der Waals surface area contributed by atoms with E-state index in [0.717, 1.165) is 31.2 Å². The van der Waals surface area contributed by atoms with Crippen LogP contribution in [0.25, 0.3) is 16.7 Å². The van der Waals surface area contributed by atoms with E-state index in [1.54, 1.807) is 16.8 Å². The zero-order valence-electron chi connectivity index (χ0n) is 15.2. The molecule has 4 rings (SSSR count). The number of carbonyl (C=O) groups is 1. The lowest BCUT2D eigenvalue weighted by atomic mass is 10.2. The Bertz CT molecular complexity index is 1060. The van der Waals surface area contributed by atoms with E-state index in [9.17, 15) is 9.59 Å². The first-order chi connectivity index (χ1) is 13.1. The minimum atomic E-state index is -0.156. The molecule has 1 saturated carbocycles. The first-order valence-electron chi connectivity index (χ1n) is 9.28. The zero-order chi connectivity index (χ0) is 18.8. The van der Waals surface area contributed by atoms with Crippen molar-refractivity contribution in [3.05, 3.63) is 58.5 Å². The van der Waals surface area contributed by atoms with Crippen LogP contribution in [0.4, 0.5) is 0 Å². The normalized spacial score (nSPS) is 17.8. The Morgan fingerprint density at radius 3 is 2.81 bits per heavy atom. The van der Waals surface area contributed by atoms with Crippen LogP contribution in [0.5, 0.6) is 0 Å². The minimum absolute atomic E-state index is 0.151. The van der Waals surface area contributed by atoms with Gasteiger partial charge in [-0.15, -0.1) is 0 Å². The molecule has 1 unspecified atom stereocenters. The summed E-state index contributed by atoms with van der Waals surface area (Å²) in [5, 5.41) is 0.936. The first kappa shape index (κ1) is 17.9. The average molecular weight is 379 g/mol. The van der Waals surface area contributed by atoms with Crippen LogP contribution in [0.3, 0.4) is 0 Å². The Balaban J connectivity index is 1.88. The van der Waals surface area contributed by atoms with E-state index in [-0.39, 0.29) is 16.6 Å². The second kappa shape index (κ2) is 7.64. The number of thioether (sulfide) groups is 1. The molecular formula is C21H21N3O2S. The van der Waals surface area contributed by atoms with Crippen LogP contribution in [0, 0.1) is 6.92 Å². The Labute approximate surface area is 161 Å². The molecule has 1 fully saturated rings. The van der Waals surface area contributed by atoms with E-state index in [0.29, 0.717) is 28.3 Å². The van der Waals surface area contributed by atoms with Crippen molar-refractivity contribution in [2.75, 3.05) is 0 Å². The fourth-order valence-corrected chi connectivity index (χ4v) is 4.64. The van der Waals surface area contributed by atoms with Crippen LogP contribution in [0.15, 0.2) is 52.5 Å². The second-order valence-electron chi connectivity index (χ2n) is 6.92. The number of ketones is 1. The molecule has 0 amide bonds. The summed E-state index contributed by atoms with van der Waals surface area (Å²) < 4.78 is 1.55. The molecule has 27 heavy (non-hydrogen) atoms. The van der Waals surface area contributed by atoms with Crippen molar-refractivity contribution < 1.29 is 4.79 Å². The predicted molar refractivity (Wildman–Crippen MR) is 108 cm³/mol. The molecule has 0 bridgehead atoms. The van der Waals surface area contributed by atoms with Crippen LogP contribution in [-0.4, -0.2) is 25.6 Å². The van der Waals surface area contributed by atoms with E-state index in [1.165, 1.54) is 11.8 Å². The number of carbonyl (C=O) groups excluding carboxylic acids is 1. The van der Waals surface area contributed by atoms with Gasteiger partial charge < -0.3 is 0 Å². The van der Waals surface area contributed by atoms with Crippen molar-refractivity contribution in [3.63, 3.8) is 0 Å². The standard InChI is InChI=1S/C21H21N3O2S/c1-14-11-12-22-19(13-14)24-20(26)15-7-5-6-8-16(15)23-21(24)27-18-10-4-2-3-9-17(18)25/h5-8,11-13,18H,2-4,9-10H2,1H3. The lowest BCUT2D eigenvalue weighted by Crippen LogP contribution is -2.25. The van der Waals surface area contributed by atoms with Crippen molar-refractivity contribution in [2.24, 2.45) is 0 Å². The molecular weight excluding hydrogens is 358 g/mol. The molecule has 0 spiro atoms. The molecule has 0 N–H and O–H groups in total. The average Bonchev–Trinajstić information content (AvgIpc) is 2.86. The highest BCUT2D eigenvalue weighted by Gasteiger charge is 2.25. The molecule has 138 valence electrons. The van der Waals surface area contributed by atoms with Gasteiger partial charge in [0.05, 0.1) is 16.2 Å². The van der Waals surface area contributed by atoms with Crippen molar-refractivity contribution >= 4 is 28.4 Å². The monoisotopic (exact) mass is 379 g/mol. The van der Waals surface area contributed by atoms with Gasteiger partial charge in [0, 0.05) is 12.6 Å². The summed E-state index contributed by atoms with van der Waals surface area (Å²) >= 11 is 1.40. The summed E-state index contributed by atoms with van der Waals surface area (Å²) in [5.74, 6) is 0.797. The Hall–Kier alpha value is -2.47. The third kappa shape index (κ3) is 3.67. The van der Waals surface area contributed by atoms with Gasteiger partial charge in [-0.25, -0.2) is 14.5 Å². The van der Waals surface area contributed by atoms with Crippen LogP contribution in [0.1, 0.15) is 37.7 Å². The van der Waals surface area contributed by atoms with Gasteiger partial charge in [0.15, 0.2) is 5.16 Å². The summed E-state index contributed by atoms with van der Waals surface area (Å²) in [4.78, 5) is 34.9. The number of Topliss-reactive ketones (excluding diaryl/α,β-unsaturated/α-hetero) is 1. The quantitative estimate of drug-likeness (QED) is 0.507. The zero-order valence-corrected chi connectivity index (χ0v) is 16.0. The highest BCUT2D eigenvalue weighted by atomic mass is 32.2. The number of aromatic nitrogens is 3. The maximum atomic E-state index is 13.2. The number of nitrogens with zero attached hydrogens (tertiary/aromatic N) is 3. The fraction of sp³-hybridized carbons (Fsp3) is 0.333. The largest absolute Gasteiger partial charge is 0.298 e. The number of hydrogen-bond acceptors (Lipinski definition) is 5. The van der Waals surface area contributed by atoms with Gasteiger partial charge in [-0.2, -0.15) is 0 Å². The van der Waals surface area contributed by atoms with Gasteiger partial charge in [-0.3, -0.25) is 9.59 Å². The predicted octanol–water partition coefficient (Wildman–Crippen LogP) is 4.08. The van der Waals surface area contributed by atoms with Crippen molar-refractivity contribution in [2.45, 2.75) is 49.4 Å². The first-order valence-corrected chi connectivity index (χ1v) is 10.2. The highest BCUT2D eigenvalue weighted by Crippen LogP contribution is 2.31. The highest BCUT2D eigenvalue weighted by molar-refractivity contribution is 8.00. The van der Waals surface area contributed by atoms with Crippen molar-refractivity contribution in [3.8, 4) is 5.82 Å². The van der Waals surface area contributed by atoms with Crippen LogP contribution >= 0.6 is 11.8 Å². The number of para-hydroxylation sites is 1. The lowest BCUT2D eigenvalue weighted by Gasteiger charge is -2.17. The summed E-state index contributed by atoms with van der Waals surface area (Å²) in [5.41, 5.74) is 1.51. The van der Waals surface area contributed by atoms with Gasteiger partial charge >= 0.3 is 0 Å². The summed E-state index contributed by atoms with van der Waals surface area (Å²) in [6.45, 7) is 1.96. The number of benzene rings is 1. The SMILES string of the molecule is Cc1ccnc(-n2c(SC3CCCCCC3=O)nc3ccccc3c2=O)c1. The van der Waals surface area contributed by atoms with Gasteiger partial charge in [0.2, 0.25) is 0 Å². The Kier molecular flexibility index (Phi) is 5.07. The van der Waals surface area contributed by atoms with Crippen molar-refractivity contribution in [1.82, 2.24) is 14.5 Å². The van der Waals surface area contributed by atoms with Crippen LogP contribution < -0.4 is 5.56 Å². The molecule has 0 aliphatic heterocycles. The molecule has 0 radical (unpaired) electrons.